The minimum atomic E-state index is -2.44. The number of likely N-dealkylation sites (tertiary alicyclic amines) is 1. The van der Waals surface area contributed by atoms with Gasteiger partial charge in [-0.2, -0.15) is 4.98 Å². The van der Waals surface area contributed by atoms with Gasteiger partial charge in [-0.3, -0.25) is 0 Å². The molecule has 7 nitrogen and oxygen atoms in total. The van der Waals surface area contributed by atoms with E-state index in [1.807, 2.05) is 6.92 Å². The molecule has 0 bridgehead atoms. The van der Waals surface area contributed by atoms with Gasteiger partial charge in [0.05, 0.1) is 6.20 Å². The maximum atomic E-state index is 13.3. The number of rotatable bonds is 7. The van der Waals surface area contributed by atoms with Gasteiger partial charge in [0.1, 0.15) is 10.9 Å². The van der Waals surface area contributed by atoms with Gasteiger partial charge in [0.15, 0.2) is 5.82 Å². The van der Waals surface area contributed by atoms with Crippen molar-refractivity contribution < 1.29 is 8.78 Å². The van der Waals surface area contributed by atoms with Crippen molar-refractivity contribution in [1.82, 2.24) is 14.9 Å². The fourth-order valence-electron chi connectivity index (χ4n) is 4.62. The number of aliphatic imine (C=N–C) groups is 1. The molecule has 1 saturated carbocycles. The predicted molar refractivity (Wildman–Crippen MR) is 137 cm³/mol. The van der Waals surface area contributed by atoms with Crippen LogP contribution in [0.5, 0.6) is 0 Å². The highest BCUT2D eigenvalue weighted by molar-refractivity contribution is 6.32. The number of nitrogens with two attached hydrogens (primary N) is 2. The van der Waals surface area contributed by atoms with Gasteiger partial charge in [-0.15, -0.1) is 0 Å². The van der Waals surface area contributed by atoms with E-state index in [4.69, 9.17) is 23.1 Å². The van der Waals surface area contributed by atoms with Crippen LogP contribution in [0.1, 0.15) is 48.8 Å². The van der Waals surface area contributed by atoms with Crippen molar-refractivity contribution in [3.63, 3.8) is 0 Å². The van der Waals surface area contributed by atoms with Crippen LogP contribution < -0.4 is 16.8 Å². The number of hydrogen-bond acceptors (Lipinski definition) is 6. The molecule has 35 heavy (non-hydrogen) atoms. The van der Waals surface area contributed by atoms with Crippen molar-refractivity contribution in [1.29, 1.82) is 0 Å². The molecule has 1 saturated heterocycles. The van der Waals surface area contributed by atoms with E-state index in [1.165, 1.54) is 23.4 Å². The van der Waals surface area contributed by atoms with Crippen molar-refractivity contribution in [2.75, 3.05) is 25.0 Å². The number of nitrogens with zero attached hydrogens (tertiary/aromatic N) is 4. The summed E-state index contributed by atoms with van der Waals surface area (Å²) in [5.41, 5.74) is 16.5. The van der Waals surface area contributed by atoms with Gasteiger partial charge in [0, 0.05) is 30.3 Å². The molecule has 4 rings (SSSR count). The van der Waals surface area contributed by atoms with E-state index < -0.39 is 11.8 Å². The molecule has 0 amide bonds. The molecule has 2 heterocycles. The van der Waals surface area contributed by atoms with E-state index in [-0.39, 0.29) is 23.1 Å². The standard InChI is InChI=1S/C25H32ClF2N7/c1-14-9-21(32-24-31-12-20(26)23(34-24)33-22(30)10-16(3)29)15(2)8-19(14)17-4-6-35(7-5-17)13-18-11-25(18,27)28/h8-10,12,17-18H,4-7,11,13,29H2,1-3H3,(H3,30,31,32,33,34)/b16-10-. The zero-order chi connectivity index (χ0) is 25.3. The third kappa shape index (κ3) is 6.27. The van der Waals surface area contributed by atoms with E-state index in [9.17, 15) is 8.78 Å². The average Bonchev–Trinajstić information content (AvgIpc) is 3.38. The SMILES string of the molecule is C/C(N)=C/C(N)=Nc1nc(Nc2cc(C)c(C3CCN(CC4CC4(F)F)CC3)cc2C)ncc1Cl. The Bertz CT molecular complexity index is 1150. The van der Waals surface area contributed by atoms with Crippen LogP contribution in [0.2, 0.25) is 5.02 Å². The van der Waals surface area contributed by atoms with Crippen molar-refractivity contribution in [2.24, 2.45) is 22.4 Å². The quantitative estimate of drug-likeness (QED) is 0.355. The lowest BCUT2D eigenvalue weighted by Gasteiger charge is -2.33. The van der Waals surface area contributed by atoms with Crippen molar-refractivity contribution >= 4 is 34.9 Å². The molecule has 1 atom stereocenters. The summed E-state index contributed by atoms with van der Waals surface area (Å²) in [5.74, 6) is -1.66. The Balaban J connectivity index is 1.44. The molecule has 0 radical (unpaired) electrons. The van der Waals surface area contributed by atoms with Gasteiger partial charge in [-0.05, 0) is 81.5 Å². The Kier molecular flexibility index (Phi) is 7.28. The molecule has 1 aromatic carbocycles. The van der Waals surface area contributed by atoms with Gasteiger partial charge in [0.2, 0.25) is 5.95 Å². The summed E-state index contributed by atoms with van der Waals surface area (Å²) in [6.45, 7) is 8.08. The number of hydrogen-bond donors (Lipinski definition) is 3. The molecule has 10 heteroatoms. The summed E-state index contributed by atoms with van der Waals surface area (Å²) in [6, 6.07) is 4.30. The number of anilines is 2. The Hall–Kier alpha value is -2.78. The summed E-state index contributed by atoms with van der Waals surface area (Å²) < 4.78 is 26.5. The highest BCUT2D eigenvalue weighted by Gasteiger charge is 2.57. The molecule has 2 aromatic rings. The van der Waals surface area contributed by atoms with E-state index in [2.05, 4.69) is 44.2 Å². The van der Waals surface area contributed by atoms with Crippen LogP contribution in [0.4, 0.5) is 26.2 Å². The van der Waals surface area contributed by atoms with Crippen molar-refractivity contribution in [3.8, 4) is 0 Å². The third-order valence-corrected chi connectivity index (χ3v) is 6.92. The number of aryl methyl sites for hydroxylation is 2. The molecule has 1 aromatic heterocycles. The second-order valence-electron chi connectivity index (χ2n) is 9.68. The number of allylic oxidation sites excluding steroid dienone is 1. The highest BCUT2D eigenvalue weighted by Crippen LogP contribution is 2.49. The molecule has 2 fully saturated rings. The third-order valence-electron chi connectivity index (χ3n) is 6.66. The number of halogens is 3. The largest absolute Gasteiger partial charge is 0.402 e. The number of nitrogens with one attached hydrogen (secondary N) is 1. The first-order chi connectivity index (χ1) is 16.5. The lowest BCUT2D eigenvalue weighted by molar-refractivity contribution is 0.0831. The molecule has 1 aliphatic carbocycles. The Morgan fingerprint density at radius 2 is 1.94 bits per heavy atom. The van der Waals surface area contributed by atoms with E-state index in [0.29, 0.717) is 24.1 Å². The Morgan fingerprint density at radius 1 is 1.26 bits per heavy atom. The fourth-order valence-corrected chi connectivity index (χ4v) is 4.76. The van der Waals surface area contributed by atoms with Crippen molar-refractivity contribution in [2.45, 2.75) is 51.9 Å². The number of aromatic nitrogens is 2. The topological polar surface area (TPSA) is 105 Å². The highest BCUT2D eigenvalue weighted by atomic mass is 35.5. The molecule has 188 valence electrons. The van der Waals surface area contributed by atoms with Crippen LogP contribution in [0, 0.1) is 19.8 Å². The number of alkyl halides is 2. The van der Waals surface area contributed by atoms with E-state index in [1.54, 1.807) is 6.92 Å². The van der Waals surface area contributed by atoms with Crippen LogP contribution >= 0.6 is 11.6 Å². The molecule has 1 unspecified atom stereocenters. The minimum absolute atomic E-state index is 0.0443. The Morgan fingerprint density at radius 3 is 2.57 bits per heavy atom. The maximum Gasteiger partial charge on any atom is 0.252 e. The number of benzene rings is 1. The second-order valence-corrected chi connectivity index (χ2v) is 10.1. The smallest absolute Gasteiger partial charge is 0.252 e. The summed E-state index contributed by atoms with van der Waals surface area (Å²) >= 11 is 6.19. The molecule has 2 aliphatic rings. The second kappa shape index (κ2) is 10.1. The molecular formula is C25H32ClF2N7. The first-order valence-corrected chi connectivity index (χ1v) is 12.2. The number of amidine groups is 1. The minimum Gasteiger partial charge on any atom is -0.402 e. The maximum absolute atomic E-state index is 13.3. The van der Waals surface area contributed by atoms with Crippen LogP contribution in [0.25, 0.3) is 0 Å². The molecular weight excluding hydrogens is 472 g/mol. The summed E-state index contributed by atoms with van der Waals surface area (Å²) in [7, 11) is 0. The fraction of sp³-hybridized carbons (Fsp3) is 0.480. The van der Waals surface area contributed by atoms with Crippen LogP contribution in [0.15, 0.2) is 35.1 Å². The summed E-state index contributed by atoms with van der Waals surface area (Å²) in [6.07, 6.45) is 5.01. The normalized spacial score (nSPS) is 21.3. The first kappa shape index (κ1) is 25.3. The van der Waals surface area contributed by atoms with Crippen LogP contribution in [-0.4, -0.2) is 46.3 Å². The van der Waals surface area contributed by atoms with Gasteiger partial charge in [0.25, 0.3) is 5.92 Å². The lowest BCUT2D eigenvalue weighted by Crippen LogP contribution is -2.35. The van der Waals surface area contributed by atoms with Gasteiger partial charge in [-0.25, -0.2) is 18.8 Å². The molecule has 0 spiro atoms. The zero-order valence-electron chi connectivity index (χ0n) is 20.3. The Labute approximate surface area is 209 Å². The lowest BCUT2D eigenvalue weighted by atomic mass is 9.85. The van der Waals surface area contributed by atoms with Crippen LogP contribution in [-0.2, 0) is 0 Å². The molecule has 5 N–H and O–H groups in total. The summed E-state index contributed by atoms with van der Waals surface area (Å²) in [4.78, 5) is 15.1. The van der Waals surface area contributed by atoms with Crippen molar-refractivity contribution in [3.05, 3.63) is 51.8 Å². The van der Waals surface area contributed by atoms with Gasteiger partial charge < -0.3 is 21.7 Å². The molecule has 1 aliphatic heterocycles. The average molecular weight is 504 g/mol. The van der Waals surface area contributed by atoms with Crippen LogP contribution in [0.3, 0.4) is 0 Å². The zero-order valence-corrected chi connectivity index (χ0v) is 21.0. The van der Waals surface area contributed by atoms with Gasteiger partial charge >= 0.3 is 0 Å². The number of piperidine rings is 1. The van der Waals surface area contributed by atoms with E-state index >= 15 is 0 Å². The summed E-state index contributed by atoms with van der Waals surface area (Å²) in [5, 5.41) is 3.54. The van der Waals surface area contributed by atoms with Gasteiger partial charge in [-0.1, -0.05) is 17.7 Å². The predicted octanol–water partition coefficient (Wildman–Crippen LogP) is 5.18. The van der Waals surface area contributed by atoms with E-state index in [0.717, 1.165) is 37.2 Å². The monoisotopic (exact) mass is 503 g/mol. The first-order valence-electron chi connectivity index (χ1n) is 11.8.